The predicted octanol–water partition coefficient (Wildman–Crippen LogP) is 2.02. The van der Waals surface area contributed by atoms with E-state index in [-0.39, 0.29) is 23.6 Å². The number of piperidine rings is 1. The minimum atomic E-state index is -0.0978. The van der Waals surface area contributed by atoms with Gasteiger partial charge in [0.15, 0.2) is 0 Å². The summed E-state index contributed by atoms with van der Waals surface area (Å²) in [5.41, 5.74) is 0.660. The van der Waals surface area contributed by atoms with Crippen LogP contribution in [-0.2, 0) is 9.59 Å². The second-order valence-corrected chi connectivity index (χ2v) is 7.12. The Kier molecular flexibility index (Phi) is 7.91. The van der Waals surface area contributed by atoms with Crippen LogP contribution in [0.15, 0.2) is 16.8 Å². The molecule has 1 aromatic heterocycles. The van der Waals surface area contributed by atoms with Crippen molar-refractivity contribution >= 4 is 29.1 Å². The van der Waals surface area contributed by atoms with E-state index in [1.807, 2.05) is 12.3 Å². The third-order valence-electron chi connectivity index (χ3n) is 4.33. The van der Waals surface area contributed by atoms with Crippen LogP contribution < -0.4 is 10.6 Å². The van der Waals surface area contributed by atoms with Crippen molar-refractivity contribution in [2.75, 3.05) is 26.2 Å². The van der Waals surface area contributed by atoms with E-state index in [0.29, 0.717) is 38.0 Å². The standard InChI is InChI=1S/C18H27N3O3S/c1-2-8-19-17(23)14-5-4-10-21(12-14)16(22)6-3-9-20-18(24)15-7-11-25-13-15/h7,11,13-14H,2-6,8-10,12H2,1H3,(H,19,23)(H,20,24). The minimum Gasteiger partial charge on any atom is -0.356 e. The van der Waals surface area contributed by atoms with Gasteiger partial charge in [-0.2, -0.15) is 11.3 Å². The summed E-state index contributed by atoms with van der Waals surface area (Å²) in [5, 5.41) is 9.41. The number of nitrogens with one attached hydrogen (secondary N) is 2. The zero-order chi connectivity index (χ0) is 18.1. The highest BCUT2D eigenvalue weighted by atomic mass is 32.1. The summed E-state index contributed by atoms with van der Waals surface area (Å²) in [6.07, 6.45) is 3.63. The summed E-state index contributed by atoms with van der Waals surface area (Å²) in [6.45, 7) is 4.42. The second kappa shape index (κ2) is 10.2. The molecule has 0 radical (unpaired) electrons. The van der Waals surface area contributed by atoms with E-state index in [1.54, 1.807) is 16.3 Å². The SMILES string of the molecule is CCCNC(=O)C1CCCN(C(=O)CCCNC(=O)c2ccsc2)C1. The molecule has 0 spiro atoms. The van der Waals surface area contributed by atoms with Gasteiger partial charge < -0.3 is 15.5 Å². The normalized spacial score (nSPS) is 17.2. The molecule has 7 heteroatoms. The smallest absolute Gasteiger partial charge is 0.252 e. The van der Waals surface area contributed by atoms with Gasteiger partial charge in [0.1, 0.15) is 0 Å². The first-order valence-corrected chi connectivity index (χ1v) is 9.92. The number of likely N-dealkylation sites (tertiary alicyclic amines) is 1. The van der Waals surface area contributed by atoms with Gasteiger partial charge in [0, 0.05) is 43.5 Å². The third-order valence-corrected chi connectivity index (χ3v) is 5.01. The van der Waals surface area contributed by atoms with Crippen LogP contribution in [-0.4, -0.2) is 48.8 Å². The monoisotopic (exact) mass is 365 g/mol. The number of carbonyl (C=O) groups is 3. The van der Waals surface area contributed by atoms with Gasteiger partial charge >= 0.3 is 0 Å². The van der Waals surface area contributed by atoms with Crippen LogP contribution in [0.4, 0.5) is 0 Å². The van der Waals surface area contributed by atoms with E-state index < -0.39 is 0 Å². The minimum absolute atomic E-state index is 0.0578. The molecule has 1 fully saturated rings. The second-order valence-electron chi connectivity index (χ2n) is 6.34. The molecule has 6 nitrogen and oxygen atoms in total. The molecule has 2 heterocycles. The van der Waals surface area contributed by atoms with E-state index in [9.17, 15) is 14.4 Å². The van der Waals surface area contributed by atoms with Crippen molar-refractivity contribution in [1.29, 1.82) is 0 Å². The molecule has 2 N–H and O–H groups in total. The number of carbonyl (C=O) groups excluding carboxylic acids is 3. The number of hydrogen-bond acceptors (Lipinski definition) is 4. The van der Waals surface area contributed by atoms with Crippen molar-refractivity contribution in [3.63, 3.8) is 0 Å². The van der Waals surface area contributed by atoms with Gasteiger partial charge in [-0.1, -0.05) is 6.92 Å². The van der Waals surface area contributed by atoms with Crippen LogP contribution in [0.3, 0.4) is 0 Å². The average molecular weight is 365 g/mol. The number of amides is 3. The fourth-order valence-corrected chi connectivity index (χ4v) is 3.54. The topological polar surface area (TPSA) is 78.5 Å². The van der Waals surface area contributed by atoms with Gasteiger partial charge in [-0.25, -0.2) is 0 Å². The number of rotatable bonds is 8. The zero-order valence-corrected chi connectivity index (χ0v) is 15.6. The molecule has 2 rings (SSSR count). The van der Waals surface area contributed by atoms with Crippen LogP contribution >= 0.6 is 11.3 Å². The summed E-state index contributed by atoms with van der Waals surface area (Å²) in [5.74, 6) is -0.0676. The predicted molar refractivity (Wildman–Crippen MR) is 98.5 cm³/mol. The number of thiophene rings is 1. The van der Waals surface area contributed by atoms with Gasteiger partial charge in [-0.05, 0) is 37.1 Å². The van der Waals surface area contributed by atoms with E-state index in [1.165, 1.54) is 11.3 Å². The molecule has 0 bridgehead atoms. The van der Waals surface area contributed by atoms with E-state index in [4.69, 9.17) is 0 Å². The van der Waals surface area contributed by atoms with Crippen LogP contribution in [0, 0.1) is 5.92 Å². The lowest BCUT2D eigenvalue weighted by Crippen LogP contribution is -2.45. The fraction of sp³-hybridized carbons (Fsp3) is 0.611. The maximum atomic E-state index is 12.3. The Balaban J connectivity index is 1.67. The molecule has 0 aromatic carbocycles. The van der Waals surface area contributed by atoms with Gasteiger partial charge in [0.05, 0.1) is 5.92 Å². The Bertz CT molecular complexity index is 574. The molecule has 1 aliphatic heterocycles. The van der Waals surface area contributed by atoms with Crippen molar-refractivity contribution in [2.45, 2.75) is 39.0 Å². The lowest BCUT2D eigenvalue weighted by molar-refractivity contribution is -0.135. The van der Waals surface area contributed by atoms with E-state index in [0.717, 1.165) is 25.8 Å². The number of nitrogens with zero attached hydrogens (tertiary/aromatic N) is 1. The molecule has 1 atom stereocenters. The molecule has 1 aliphatic rings. The Labute approximate surface area is 153 Å². The first-order chi connectivity index (χ1) is 12.1. The van der Waals surface area contributed by atoms with Crippen LogP contribution in [0.25, 0.3) is 0 Å². The van der Waals surface area contributed by atoms with Gasteiger partial charge in [0.2, 0.25) is 11.8 Å². The quantitative estimate of drug-likeness (QED) is 0.692. The van der Waals surface area contributed by atoms with E-state index in [2.05, 4.69) is 10.6 Å². The highest BCUT2D eigenvalue weighted by Gasteiger charge is 2.27. The van der Waals surface area contributed by atoms with E-state index >= 15 is 0 Å². The van der Waals surface area contributed by atoms with Crippen molar-refractivity contribution in [3.05, 3.63) is 22.4 Å². The first kappa shape index (κ1) is 19.4. The summed E-state index contributed by atoms with van der Waals surface area (Å²) in [4.78, 5) is 38.0. The molecule has 1 aromatic rings. The van der Waals surface area contributed by atoms with Gasteiger partial charge in [-0.3, -0.25) is 14.4 Å². The largest absolute Gasteiger partial charge is 0.356 e. The zero-order valence-electron chi connectivity index (χ0n) is 14.8. The van der Waals surface area contributed by atoms with Gasteiger partial charge in [-0.15, -0.1) is 0 Å². The third kappa shape index (κ3) is 6.16. The molecule has 1 unspecified atom stereocenters. The lowest BCUT2D eigenvalue weighted by atomic mass is 9.96. The maximum absolute atomic E-state index is 12.3. The highest BCUT2D eigenvalue weighted by molar-refractivity contribution is 7.08. The van der Waals surface area contributed by atoms with Crippen molar-refractivity contribution in [3.8, 4) is 0 Å². The van der Waals surface area contributed by atoms with Gasteiger partial charge in [0.25, 0.3) is 5.91 Å². The molecule has 25 heavy (non-hydrogen) atoms. The van der Waals surface area contributed by atoms with Crippen molar-refractivity contribution in [1.82, 2.24) is 15.5 Å². The first-order valence-electron chi connectivity index (χ1n) is 8.97. The highest BCUT2D eigenvalue weighted by Crippen LogP contribution is 2.17. The van der Waals surface area contributed by atoms with Crippen LogP contribution in [0.5, 0.6) is 0 Å². The van der Waals surface area contributed by atoms with Crippen LogP contribution in [0.2, 0.25) is 0 Å². The molecule has 138 valence electrons. The van der Waals surface area contributed by atoms with Crippen LogP contribution in [0.1, 0.15) is 49.4 Å². The summed E-state index contributed by atoms with van der Waals surface area (Å²) in [6, 6.07) is 1.78. The molecule has 0 saturated carbocycles. The fourth-order valence-electron chi connectivity index (χ4n) is 2.91. The molecule has 0 aliphatic carbocycles. The molecular formula is C18H27N3O3S. The summed E-state index contributed by atoms with van der Waals surface area (Å²) < 4.78 is 0. The average Bonchev–Trinajstić information content (AvgIpc) is 3.17. The number of hydrogen-bond donors (Lipinski definition) is 2. The van der Waals surface area contributed by atoms with Crippen molar-refractivity contribution in [2.24, 2.45) is 5.92 Å². The summed E-state index contributed by atoms with van der Waals surface area (Å²) in [7, 11) is 0. The van der Waals surface area contributed by atoms with Crippen molar-refractivity contribution < 1.29 is 14.4 Å². The molecule has 1 saturated heterocycles. The Morgan fingerprint density at radius 1 is 1.28 bits per heavy atom. The Morgan fingerprint density at radius 3 is 2.84 bits per heavy atom. The summed E-state index contributed by atoms with van der Waals surface area (Å²) >= 11 is 1.48. The Hall–Kier alpha value is -1.89. The Morgan fingerprint density at radius 2 is 2.12 bits per heavy atom. The lowest BCUT2D eigenvalue weighted by Gasteiger charge is -2.32. The molecule has 3 amide bonds. The maximum Gasteiger partial charge on any atom is 0.252 e. The molecular weight excluding hydrogens is 338 g/mol.